The second-order valence-electron chi connectivity index (χ2n) is 5.09. The lowest BCUT2D eigenvalue weighted by Crippen LogP contribution is -2.17. The number of carbonyl (C=O) groups is 1. The number of nitrogens with one attached hydrogen (secondary N) is 1. The molecule has 1 heterocycles. The van der Waals surface area contributed by atoms with Crippen LogP contribution in [0.15, 0.2) is 52.7 Å². The molecule has 2 aromatic carbocycles. The van der Waals surface area contributed by atoms with Gasteiger partial charge in [-0.25, -0.2) is 0 Å². The Morgan fingerprint density at radius 3 is 2.50 bits per heavy atom. The van der Waals surface area contributed by atoms with E-state index in [2.05, 4.69) is 42.5 Å². The molecular formula is C16H9F3IN3O3. The number of aromatic hydroxyl groups is 1. The van der Waals surface area contributed by atoms with Crippen LogP contribution < -0.4 is 4.74 Å². The molecule has 0 spiro atoms. The Morgan fingerprint density at radius 1 is 1.15 bits per heavy atom. The van der Waals surface area contributed by atoms with Gasteiger partial charge in [-0.2, -0.15) is 0 Å². The fourth-order valence-electron chi connectivity index (χ4n) is 2.19. The van der Waals surface area contributed by atoms with Crippen LogP contribution in [0.3, 0.4) is 0 Å². The quantitative estimate of drug-likeness (QED) is 0.398. The van der Waals surface area contributed by atoms with Gasteiger partial charge in [-0.15, -0.1) is 23.4 Å². The van der Waals surface area contributed by atoms with Gasteiger partial charge in [0.1, 0.15) is 5.75 Å². The fourth-order valence-corrected chi connectivity index (χ4v) is 2.68. The zero-order valence-electron chi connectivity index (χ0n) is 12.7. The van der Waals surface area contributed by atoms with Crippen molar-refractivity contribution in [3.05, 3.63) is 51.6 Å². The largest absolute Gasteiger partial charge is 0.573 e. The van der Waals surface area contributed by atoms with Crippen molar-refractivity contribution in [3.63, 3.8) is 0 Å². The van der Waals surface area contributed by atoms with Crippen molar-refractivity contribution >= 4 is 45.1 Å². The molecule has 0 aliphatic carbocycles. The van der Waals surface area contributed by atoms with Gasteiger partial charge in [0.05, 0.1) is 5.52 Å². The topological polar surface area (TPSA) is 87.0 Å². The van der Waals surface area contributed by atoms with Crippen LogP contribution in [-0.2, 0) is 0 Å². The molecule has 0 saturated carbocycles. The third-order valence-corrected chi connectivity index (χ3v) is 3.96. The van der Waals surface area contributed by atoms with E-state index in [1.807, 2.05) is 6.07 Å². The molecule has 0 radical (unpaired) electrons. The molecule has 6 nitrogen and oxygen atoms in total. The normalized spacial score (nSPS) is 12.0. The second-order valence-corrected chi connectivity index (χ2v) is 6.34. The number of nitrogens with zero attached hydrogens (tertiary/aromatic N) is 2. The first-order valence-corrected chi connectivity index (χ1v) is 8.13. The number of halogens is 4. The van der Waals surface area contributed by atoms with Gasteiger partial charge in [0, 0.05) is 14.5 Å². The predicted molar refractivity (Wildman–Crippen MR) is 94.7 cm³/mol. The molecular weight excluding hydrogens is 466 g/mol. The van der Waals surface area contributed by atoms with Gasteiger partial charge in [-0.3, -0.25) is 4.79 Å². The summed E-state index contributed by atoms with van der Waals surface area (Å²) in [6.07, 6.45) is -4.81. The van der Waals surface area contributed by atoms with Gasteiger partial charge in [0.25, 0.3) is 5.91 Å². The standard InChI is InChI=1S/C16H9F3IN3O3/c17-16(18,19)26-10-4-1-8(2-5-10)14(24)23-22-13-11-7-9(20)3-6-12(11)21-15(13)25/h1-7,21,25H. The Hall–Kier alpha value is -2.63. The first-order chi connectivity index (χ1) is 12.2. The van der Waals surface area contributed by atoms with E-state index < -0.39 is 18.0 Å². The third-order valence-electron chi connectivity index (χ3n) is 3.29. The second kappa shape index (κ2) is 6.94. The van der Waals surface area contributed by atoms with E-state index in [1.54, 1.807) is 12.1 Å². The Morgan fingerprint density at radius 2 is 1.85 bits per heavy atom. The van der Waals surface area contributed by atoms with Crippen molar-refractivity contribution in [1.82, 2.24) is 4.98 Å². The monoisotopic (exact) mass is 475 g/mol. The number of H-pyrrole nitrogens is 1. The minimum Gasteiger partial charge on any atom is -0.493 e. The summed E-state index contributed by atoms with van der Waals surface area (Å²) < 4.78 is 41.0. The molecule has 0 aliphatic heterocycles. The highest BCUT2D eigenvalue weighted by Crippen LogP contribution is 2.36. The summed E-state index contributed by atoms with van der Waals surface area (Å²) in [4.78, 5) is 14.7. The number of aromatic nitrogens is 1. The third kappa shape index (κ3) is 4.12. The van der Waals surface area contributed by atoms with Gasteiger partial charge in [0.15, 0.2) is 5.69 Å². The summed E-state index contributed by atoms with van der Waals surface area (Å²) in [6, 6.07) is 9.62. The zero-order chi connectivity index (χ0) is 18.9. The lowest BCUT2D eigenvalue weighted by Gasteiger charge is -2.08. The minimum atomic E-state index is -4.81. The first-order valence-electron chi connectivity index (χ1n) is 7.05. The highest BCUT2D eigenvalue weighted by Gasteiger charge is 2.31. The van der Waals surface area contributed by atoms with Crippen LogP contribution >= 0.6 is 22.6 Å². The number of hydrogen-bond donors (Lipinski definition) is 2. The summed E-state index contributed by atoms with van der Waals surface area (Å²) in [7, 11) is 0. The molecule has 0 atom stereocenters. The van der Waals surface area contributed by atoms with E-state index >= 15 is 0 Å². The molecule has 26 heavy (non-hydrogen) atoms. The Bertz CT molecular complexity index is 998. The molecule has 1 aromatic heterocycles. The Balaban J connectivity index is 1.82. The number of hydrogen-bond acceptors (Lipinski definition) is 4. The highest BCUT2D eigenvalue weighted by atomic mass is 127. The average Bonchev–Trinajstić information content (AvgIpc) is 2.86. The summed E-state index contributed by atoms with van der Waals surface area (Å²) in [5.74, 6) is -1.47. The van der Waals surface area contributed by atoms with Gasteiger partial charge in [-0.05, 0) is 65.1 Å². The van der Waals surface area contributed by atoms with Gasteiger partial charge >= 0.3 is 6.36 Å². The van der Waals surface area contributed by atoms with Crippen molar-refractivity contribution in [2.24, 2.45) is 10.2 Å². The number of alkyl halides is 3. The van der Waals surface area contributed by atoms with Crippen molar-refractivity contribution in [1.29, 1.82) is 0 Å². The fraction of sp³-hybridized carbons (Fsp3) is 0.0625. The van der Waals surface area contributed by atoms with E-state index in [4.69, 9.17) is 0 Å². The van der Waals surface area contributed by atoms with E-state index in [0.29, 0.717) is 10.9 Å². The van der Waals surface area contributed by atoms with E-state index in [9.17, 15) is 23.1 Å². The summed E-state index contributed by atoms with van der Waals surface area (Å²) >= 11 is 2.09. The van der Waals surface area contributed by atoms with Crippen molar-refractivity contribution in [2.45, 2.75) is 6.36 Å². The van der Waals surface area contributed by atoms with Crippen LogP contribution in [0.5, 0.6) is 11.6 Å². The molecule has 3 rings (SSSR count). The van der Waals surface area contributed by atoms with Crippen LogP contribution in [-0.4, -0.2) is 22.4 Å². The summed E-state index contributed by atoms with van der Waals surface area (Å²) in [5, 5.41) is 17.8. The summed E-state index contributed by atoms with van der Waals surface area (Å²) in [5.41, 5.74) is 0.749. The molecule has 0 fully saturated rings. The van der Waals surface area contributed by atoms with Gasteiger partial charge < -0.3 is 14.8 Å². The lowest BCUT2D eigenvalue weighted by atomic mass is 10.2. The molecule has 0 aliphatic rings. The number of benzene rings is 2. The number of fused-ring (bicyclic) bond motifs is 1. The molecule has 0 saturated heterocycles. The Kier molecular flexibility index (Phi) is 4.85. The molecule has 134 valence electrons. The van der Waals surface area contributed by atoms with Crippen LogP contribution in [0.25, 0.3) is 10.9 Å². The van der Waals surface area contributed by atoms with E-state index in [1.165, 1.54) is 0 Å². The van der Waals surface area contributed by atoms with Crippen molar-refractivity contribution in [2.75, 3.05) is 0 Å². The highest BCUT2D eigenvalue weighted by molar-refractivity contribution is 14.1. The predicted octanol–water partition coefficient (Wildman–Crippen LogP) is 5.30. The lowest BCUT2D eigenvalue weighted by molar-refractivity contribution is -0.274. The minimum absolute atomic E-state index is 0.0252. The average molecular weight is 475 g/mol. The number of azo groups is 1. The van der Waals surface area contributed by atoms with Crippen molar-refractivity contribution in [3.8, 4) is 11.6 Å². The molecule has 0 unspecified atom stereocenters. The molecule has 2 N–H and O–H groups in total. The number of amides is 1. The van der Waals surface area contributed by atoms with Crippen LogP contribution in [0.1, 0.15) is 10.4 Å². The number of carbonyl (C=O) groups excluding carboxylic acids is 1. The van der Waals surface area contributed by atoms with E-state index in [0.717, 1.165) is 27.8 Å². The Labute approximate surface area is 157 Å². The zero-order valence-corrected chi connectivity index (χ0v) is 14.9. The van der Waals surface area contributed by atoms with Crippen LogP contribution in [0.2, 0.25) is 0 Å². The van der Waals surface area contributed by atoms with Gasteiger partial charge in [-0.1, -0.05) is 0 Å². The van der Waals surface area contributed by atoms with Gasteiger partial charge in [0.2, 0.25) is 5.88 Å². The number of rotatable bonds is 3. The molecule has 10 heteroatoms. The maximum Gasteiger partial charge on any atom is 0.573 e. The summed E-state index contributed by atoms with van der Waals surface area (Å²) in [6.45, 7) is 0. The van der Waals surface area contributed by atoms with Crippen LogP contribution in [0, 0.1) is 3.57 Å². The van der Waals surface area contributed by atoms with E-state index in [-0.39, 0.29) is 17.1 Å². The maximum atomic E-state index is 12.1. The SMILES string of the molecule is O=C(N=Nc1c(O)[nH]c2ccc(I)cc12)c1ccc(OC(F)(F)F)cc1. The number of ether oxygens (including phenoxy) is 1. The van der Waals surface area contributed by atoms with Crippen LogP contribution in [0.4, 0.5) is 18.9 Å². The number of aromatic amines is 1. The van der Waals surface area contributed by atoms with Crippen molar-refractivity contribution < 1.29 is 27.8 Å². The first kappa shape index (κ1) is 18.2. The smallest absolute Gasteiger partial charge is 0.493 e. The molecule has 3 aromatic rings. The molecule has 0 bridgehead atoms. The molecule has 1 amide bonds. The maximum absolute atomic E-state index is 12.1.